The van der Waals surface area contributed by atoms with Crippen molar-refractivity contribution in [2.24, 2.45) is 0 Å². The molecule has 154 valence electrons. The molecule has 0 spiro atoms. The summed E-state index contributed by atoms with van der Waals surface area (Å²) in [6, 6.07) is 12.2. The van der Waals surface area contributed by atoms with Crippen LogP contribution in [0.5, 0.6) is 5.75 Å². The van der Waals surface area contributed by atoms with Crippen molar-refractivity contribution in [3.8, 4) is 17.1 Å². The number of nitrogens with one attached hydrogen (secondary N) is 1. The molecule has 7 heteroatoms. The number of aryl methyl sites for hydroxylation is 1. The second kappa shape index (κ2) is 7.55. The van der Waals surface area contributed by atoms with Gasteiger partial charge in [0.05, 0.1) is 23.3 Å². The molecular formula is C22H24FNO4S. The minimum atomic E-state index is -3.99. The van der Waals surface area contributed by atoms with Crippen molar-refractivity contribution in [1.29, 1.82) is 0 Å². The van der Waals surface area contributed by atoms with Crippen LogP contribution in [0.25, 0.3) is 11.3 Å². The molecule has 0 unspecified atom stereocenters. The van der Waals surface area contributed by atoms with Gasteiger partial charge in [0.25, 0.3) is 10.0 Å². The number of hydrogen-bond acceptors (Lipinski definition) is 4. The Morgan fingerprint density at radius 3 is 2.31 bits per heavy atom. The minimum absolute atomic E-state index is 0.169. The van der Waals surface area contributed by atoms with E-state index < -0.39 is 15.8 Å². The molecule has 0 radical (unpaired) electrons. The number of rotatable bonds is 5. The van der Waals surface area contributed by atoms with Gasteiger partial charge in [-0.3, -0.25) is 4.72 Å². The Balaban J connectivity index is 1.97. The molecule has 5 nitrogen and oxygen atoms in total. The SMILES string of the molecule is COc1ccc(NS(=O)(=O)c2ccc(-c3ccc(C)o3)c(F)c2)c(C(C)(C)C)c1. The highest BCUT2D eigenvalue weighted by Gasteiger charge is 2.24. The molecule has 0 aliphatic rings. The first-order valence-corrected chi connectivity index (χ1v) is 10.6. The summed E-state index contributed by atoms with van der Waals surface area (Å²) in [6.07, 6.45) is 0. The predicted octanol–water partition coefficient (Wildman–Crippen LogP) is 5.50. The standard InChI is InChI=1S/C22H24FNO4S/c1-14-6-11-21(28-14)17-9-8-16(13-19(17)23)29(25,26)24-20-10-7-15(27-5)12-18(20)22(2,3)4/h6-13,24H,1-5H3. The quantitative estimate of drug-likeness (QED) is 0.595. The van der Waals surface area contributed by atoms with Crippen LogP contribution in [0.3, 0.4) is 0 Å². The van der Waals surface area contributed by atoms with E-state index in [2.05, 4.69) is 4.72 Å². The average molecular weight is 418 g/mol. The highest BCUT2D eigenvalue weighted by atomic mass is 32.2. The van der Waals surface area contributed by atoms with E-state index in [1.165, 1.54) is 12.1 Å². The molecule has 1 N–H and O–H groups in total. The Kier molecular flexibility index (Phi) is 5.45. The topological polar surface area (TPSA) is 68.5 Å². The third-order valence-electron chi connectivity index (χ3n) is 4.54. The minimum Gasteiger partial charge on any atom is -0.497 e. The molecule has 0 saturated heterocycles. The molecule has 1 aromatic heterocycles. The fourth-order valence-electron chi connectivity index (χ4n) is 3.01. The number of furan rings is 1. The Labute approximate surface area is 170 Å². The van der Waals surface area contributed by atoms with Gasteiger partial charge in [0.1, 0.15) is 23.1 Å². The van der Waals surface area contributed by atoms with Crippen molar-refractivity contribution >= 4 is 15.7 Å². The molecular weight excluding hydrogens is 393 g/mol. The Hall–Kier alpha value is -2.80. The van der Waals surface area contributed by atoms with Gasteiger partial charge >= 0.3 is 0 Å². The van der Waals surface area contributed by atoms with Crippen LogP contribution in [-0.4, -0.2) is 15.5 Å². The van der Waals surface area contributed by atoms with Gasteiger partial charge in [-0.15, -0.1) is 0 Å². The van der Waals surface area contributed by atoms with Crippen molar-refractivity contribution in [3.05, 3.63) is 65.7 Å². The van der Waals surface area contributed by atoms with E-state index in [1.54, 1.807) is 44.4 Å². The van der Waals surface area contributed by atoms with Crippen LogP contribution in [-0.2, 0) is 15.4 Å². The number of sulfonamides is 1. The van der Waals surface area contributed by atoms with E-state index in [0.29, 0.717) is 23.0 Å². The molecule has 0 fully saturated rings. The van der Waals surface area contributed by atoms with Crippen molar-refractivity contribution < 1.29 is 22.0 Å². The molecule has 3 rings (SSSR count). The summed E-state index contributed by atoms with van der Waals surface area (Å²) < 4.78 is 53.7. The van der Waals surface area contributed by atoms with E-state index in [9.17, 15) is 12.8 Å². The zero-order valence-corrected chi connectivity index (χ0v) is 17.9. The number of methoxy groups -OCH3 is 1. The molecule has 0 atom stereocenters. The zero-order valence-electron chi connectivity index (χ0n) is 17.0. The largest absolute Gasteiger partial charge is 0.497 e. The normalized spacial score (nSPS) is 12.1. The van der Waals surface area contributed by atoms with Gasteiger partial charge in [0.2, 0.25) is 0 Å². The van der Waals surface area contributed by atoms with Crippen LogP contribution in [0.2, 0.25) is 0 Å². The van der Waals surface area contributed by atoms with Crippen LogP contribution < -0.4 is 9.46 Å². The number of benzene rings is 2. The summed E-state index contributed by atoms with van der Waals surface area (Å²) >= 11 is 0. The van der Waals surface area contributed by atoms with Gasteiger partial charge < -0.3 is 9.15 Å². The lowest BCUT2D eigenvalue weighted by Gasteiger charge is -2.24. The summed E-state index contributed by atoms with van der Waals surface area (Å²) in [7, 11) is -2.44. The number of anilines is 1. The Morgan fingerprint density at radius 1 is 1.03 bits per heavy atom. The van der Waals surface area contributed by atoms with Crippen molar-refractivity contribution in [3.63, 3.8) is 0 Å². The summed E-state index contributed by atoms with van der Waals surface area (Å²) in [5.74, 6) is 0.948. The third-order valence-corrected chi connectivity index (χ3v) is 5.90. The van der Waals surface area contributed by atoms with Crippen LogP contribution in [0.1, 0.15) is 32.1 Å². The van der Waals surface area contributed by atoms with Gasteiger partial charge in [0, 0.05) is 0 Å². The lowest BCUT2D eigenvalue weighted by Crippen LogP contribution is -2.19. The predicted molar refractivity (Wildman–Crippen MR) is 111 cm³/mol. The van der Waals surface area contributed by atoms with Crippen LogP contribution >= 0.6 is 0 Å². The molecule has 0 aliphatic carbocycles. The highest BCUT2D eigenvalue weighted by Crippen LogP contribution is 2.34. The van der Waals surface area contributed by atoms with Gasteiger partial charge in [-0.1, -0.05) is 20.8 Å². The smallest absolute Gasteiger partial charge is 0.262 e. The van der Waals surface area contributed by atoms with Crippen LogP contribution in [0.4, 0.5) is 10.1 Å². The molecule has 29 heavy (non-hydrogen) atoms. The van der Waals surface area contributed by atoms with Crippen molar-refractivity contribution in [2.75, 3.05) is 11.8 Å². The second-order valence-corrected chi connectivity index (χ2v) is 9.50. The van der Waals surface area contributed by atoms with Crippen LogP contribution in [0.15, 0.2) is 57.8 Å². The molecule has 0 bridgehead atoms. The van der Waals surface area contributed by atoms with Crippen LogP contribution in [0, 0.1) is 12.7 Å². The maximum Gasteiger partial charge on any atom is 0.262 e. The average Bonchev–Trinajstić information content (AvgIpc) is 3.06. The first-order chi connectivity index (χ1) is 13.5. The van der Waals surface area contributed by atoms with Crippen molar-refractivity contribution in [1.82, 2.24) is 0 Å². The molecule has 0 aliphatic heterocycles. The fraction of sp³-hybridized carbons (Fsp3) is 0.273. The number of ether oxygens (including phenoxy) is 1. The van der Waals surface area contributed by atoms with E-state index in [1.807, 2.05) is 20.8 Å². The van der Waals surface area contributed by atoms with Gasteiger partial charge in [-0.2, -0.15) is 0 Å². The lowest BCUT2D eigenvalue weighted by atomic mass is 9.86. The first kappa shape index (κ1) is 20.9. The third kappa shape index (κ3) is 4.45. The van der Waals surface area contributed by atoms with E-state index in [4.69, 9.17) is 9.15 Å². The van der Waals surface area contributed by atoms with Gasteiger partial charge in [0.15, 0.2) is 0 Å². The molecule has 0 saturated carbocycles. The lowest BCUT2D eigenvalue weighted by molar-refractivity contribution is 0.413. The van der Waals surface area contributed by atoms with Gasteiger partial charge in [-0.25, -0.2) is 12.8 Å². The van der Waals surface area contributed by atoms with Gasteiger partial charge in [-0.05, 0) is 66.4 Å². The van der Waals surface area contributed by atoms with E-state index >= 15 is 0 Å². The maximum atomic E-state index is 14.6. The Bertz CT molecular complexity index is 1140. The summed E-state index contributed by atoms with van der Waals surface area (Å²) in [5.41, 5.74) is 1.06. The van der Waals surface area contributed by atoms with E-state index in [0.717, 1.165) is 11.6 Å². The fourth-order valence-corrected chi connectivity index (χ4v) is 4.10. The monoisotopic (exact) mass is 417 g/mol. The first-order valence-electron chi connectivity index (χ1n) is 9.09. The zero-order chi connectivity index (χ0) is 21.4. The second-order valence-electron chi connectivity index (χ2n) is 7.82. The molecule has 0 amide bonds. The molecule has 3 aromatic rings. The number of hydrogen-bond donors (Lipinski definition) is 1. The Morgan fingerprint density at radius 2 is 1.76 bits per heavy atom. The van der Waals surface area contributed by atoms with E-state index in [-0.39, 0.29) is 15.9 Å². The number of halogens is 1. The molecule has 1 heterocycles. The summed E-state index contributed by atoms with van der Waals surface area (Å²) in [4.78, 5) is -0.169. The highest BCUT2D eigenvalue weighted by molar-refractivity contribution is 7.92. The summed E-state index contributed by atoms with van der Waals surface area (Å²) in [5, 5.41) is 0. The summed E-state index contributed by atoms with van der Waals surface area (Å²) in [6.45, 7) is 7.67. The maximum absolute atomic E-state index is 14.6. The molecule has 2 aromatic carbocycles. The van der Waals surface area contributed by atoms with Crippen molar-refractivity contribution in [2.45, 2.75) is 38.0 Å².